The van der Waals surface area contributed by atoms with Crippen molar-refractivity contribution in [1.82, 2.24) is 0 Å². The molecule has 1 unspecified atom stereocenters. The fraction of sp³-hybridized carbons (Fsp3) is 0.939. The number of hydrogen-bond donors (Lipinski definition) is 4. The highest BCUT2D eigenvalue weighted by Gasteiger charge is 2.59. The number of ether oxygens (including phenoxy) is 2. The van der Waals surface area contributed by atoms with Crippen molar-refractivity contribution in [3.05, 3.63) is 11.6 Å². The Morgan fingerprint density at radius 2 is 1.74 bits per heavy atom. The summed E-state index contributed by atoms with van der Waals surface area (Å²) in [5.41, 5.74) is 2.18. The lowest BCUT2D eigenvalue weighted by Gasteiger charge is -2.58. The van der Waals surface area contributed by atoms with E-state index in [0.29, 0.717) is 5.41 Å². The zero-order chi connectivity index (χ0) is 28.1. The van der Waals surface area contributed by atoms with E-state index >= 15 is 0 Å². The normalized spacial score (nSPS) is 48.7. The molecule has 4 aliphatic carbocycles. The van der Waals surface area contributed by atoms with E-state index in [1.807, 2.05) is 0 Å². The summed E-state index contributed by atoms with van der Waals surface area (Å²) < 4.78 is 11.5. The maximum atomic E-state index is 10.6. The molecule has 6 nitrogen and oxygen atoms in total. The summed E-state index contributed by atoms with van der Waals surface area (Å²) in [6, 6.07) is 0. The van der Waals surface area contributed by atoms with Gasteiger partial charge in [-0.15, -0.1) is 0 Å². The Labute approximate surface area is 236 Å². The number of hydrogen-bond acceptors (Lipinski definition) is 6. The van der Waals surface area contributed by atoms with E-state index in [9.17, 15) is 20.4 Å². The minimum atomic E-state index is -1.36. The van der Waals surface area contributed by atoms with Crippen LogP contribution in [0.3, 0.4) is 0 Å². The maximum Gasteiger partial charge on any atom is 0.184 e. The Hall–Kier alpha value is -0.500. The Morgan fingerprint density at radius 1 is 0.974 bits per heavy atom. The van der Waals surface area contributed by atoms with Crippen molar-refractivity contribution in [3.8, 4) is 0 Å². The van der Waals surface area contributed by atoms with Gasteiger partial charge in [-0.2, -0.15) is 0 Å². The van der Waals surface area contributed by atoms with Crippen LogP contribution < -0.4 is 0 Å². The van der Waals surface area contributed by atoms with E-state index < -0.39 is 37.3 Å². The topological polar surface area (TPSA) is 99.4 Å². The van der Waals surface area contributed by atoms with Crippen LogP contribution in [0.15, 0.2) is 11.6 Å². The van der Waals surface area contributed by atoms with E-state index in [-0.39, 0.29) is 11.5 Å². The highest BCUT2D eigenvalue weighted by atomic mass is 16.7. The first kappa shape index (κ1) is 30.0. The molecule has 13 atom stereocenters. The predicted octanol–water partition coefficient (Wildman–Crippen LogP) is 5.21. The summed E-state index contributed by atoms with van der Waals surface area (Å²) in [5.74, 6) is 4.85. The van der Waals surface area contributed by atoms with E-state index in [1.165, 1.54) is 56.9 Å². The third-order valence-corrected chi connectivity index (χ3v) is 12.5. The van der Waals surface area contributed by atoms with Gasteiger partial charge in [0.15, 0.2) is 6.29 Å². The van der Waals surface area contributed by atoms with Crippen molar-refractivity contribution in [2.45, 2.75) is 142 Å². The van der Waals surface area contributed by atoms with E-state index in [4.69, 9.17) is 9.47 Å². The summed E-state index contributed by atoms with van der Waals surface area (Å²) in [6.45, 7) is 11.9. The van der Waals surface area contributed by atoms with Gasteiger partial charge in [0.25, 0.3) is 0 Å². The second kappa shape index (κ2) is 11.6. The molecule has 1 heterocycles. The Balaban J connectivity index is 1.24. The lowest BCUT2D eigenvalue weighted by atomic mass is 9.47. The summed E-state index contributed by atoms with van der Waals surface area (Å²) in [4.78, 5) is 0. The molecule has 0 amide bonds. The molecule has 39 heavy (non-hydrogen) atoms. The SMILES string of the molecule is CC(C)CCC[C@@H](C)[C@H]1CC[C@H]2[C@@H]3CC=C4C[C@@H](O[C@H]5C(O)O[C@H](CO)[C@@H](O)[C@@H]5O)CC[C@]4(C)[C@H]3CC[C@]12C. The molecule has 0 bridgehead atoms. The first-order chi connectivity index (χ1) is 18.5. The van der Waals surface area contributed by atoms with Crippen molar-refractivity contribution in [1.29, 1.82) is 0 Å². The highest BCUT2D eigenvalue weighted by Crippen LogP contribution is 2.67. The van der Waals surface area contributed by atoms with E-state index in [2.05, 4.69) is 40.7 Å². The Kier molecular flexibility index (Phi) is 8.95. The van der Waals surface area contributed by atoms with Gasteiger partial charge in [0.05, 0.1) is 12.7 Å². The second-order valence-corrected chi connectivity index (χ2v) is 15.0. The average molecular weight is 549 g/mol. The monoisotopic (exact) mass is 548 g/mol. The lowest BCUT2D eigenvalue weighted by Crippen LogP contribution is -2.60. The van der Waals surface area contributed by atoms with Gasteiger partial charge in [0.2, 0.25) is 0 Å². The van der Waals surface area contributed by atoms with Gasteiger partial charge >= 0.3 is 0 Å². The van der Waals surface area contributed by atoms with Crippen molar-refractivity contribution in [2.24, 2.45) is 46.3 Å². The molecule has 3 saturated carbocycles. The van der Waals surface area contributed by atoms with Gasteiger partial charge < -0.3 is 29.9 Å². The van der Waals surface area contributed by atoms with Crippen molar-refractivity contribution in [3.63, 3.8) is 0 Å². The lowest BCUT2D eigenvalue weighted by molar-refractivity contribution is -0.304. The average Bonchev–Trinajstić information content (AvgIpc) is 3.25. The minimum absolute atomic E-state index is 0.118. The number of allylic oxidation sites excluding steroid dienone is 1. The standard InChI is InChI=1S/C33H56O6/c1-19(2)7-6-8-20(3)24-11-12-25-23-10-9-21-17-22(13-15-32(21,4)26(23)14-16-33(24,25)5)38-30-29(36)28(35)27(18-34)39-31(30)37/h9,19-20,22-31,34-37H,6-8,10-18H2,1-5H3/t20-,22+,23+,24-,25+,26+,27-,28-,29+,30-,31?,32+,33-/m1/s1. The second-order valence-electron chi connectivity index (χ2n) is 15.0. The Morgan fingerprint density at radius 3 is 2.46 bits per heavy atom. The first-order valence-corrected chi connectivity index (χ1v) is 16.1. The van der Waals surface area contributed by atoms with Crippen LogP contribution in [0.1, 0.15) is 105 Å². The minimum Gasteiger partial charge on any atom is -0.394 e. The summed E-state index contributed by atoms with van der Waals surface area (Å²) >= 11 is 0. The molecule has 1 aliphatic heterocycles. The van der Waals surface area contributed by atoms with Crippen LogP contribution in [0, 0.1) is 46.3 Å². The molecular formula is C33H56O6. The van der Waals surface area contributed by atoms with Crippen molar-refractivity contribution in [2.75, 3.05) is 6.61 Å². The van der Waals surface area contributed by atoms with Crippen LogP contribution >= 0.6 is 0 Å². The third-order valence-electron chi connectivity index (χ3n) is 12.5. The molecule has 5 aliphatic rings. The molecule has 0 spiro atoms. The molecule has 4 N–H and O–H groups in total. The summed E-state index contributed by atoms with van der Waals surface area (Å²) in [5, 5.41) is 40.7. The molecule has 0 aromatic carbocycles. The Bertz CT molecular complexity index is 874. The van der Waals surface area contributed by atoms with Gasteiger partial charge in [-0.3, -0.25) is 0 Å². The number of rotatable bonds is 8. The molecule has 0 aromatic heterocycles. The summed E-state index contributed by atoms with van der Waals surface area (Å²) in [7, 11) is 0. The number of fused-ring (bicyclic) bond motifs is 5. The molecule has 224 valence electrons. The van der Waals surface area contributed by atoms with Crippen LogP contribution in [0.4, 0.5) is 0 Å². The fourth-order valence-corrected chi connectivity index (χ4v) is 10.2. The quantitative estimate of drug-likeness (QED) is 0.311. The molecular weight excluding hydrogens is 492 g/mol. The summed E-state index contributed by atoms with van der Waals surface area (Å²) in [6.07, 6.45) is 10.0. The molecule has 5 rings (SSSR count). The fourth-order valence-electron chi connectivity index (χ4n) is 10.2. The van der Waals surface area contributed by atoms with Gasteiger partial charge in [0, 0.05) is 0 Å². The van der Waals surface area contributed by atoms with E-state index in [1.54, 1.807) is 0 Å². The highest BCUT2D eigenvalue weighted by molar-refractivity contribution is 5.25. The molecule has 0 aromatic rings. The zero-order valence-corrected chi connectivity index (χ0v) is 25.1. The zero-order valence-electron chi connectivity index (χ0n) is 25.1. The van der Waals surface area contributed by atoms with Crippen LogP contribution in [0.2, 0.25) is 0 Å². The van der Waals surface area contributed by atoms with Crippen molar-refractivity contribution >= 4 is 0 Å². The smallest absolute Gasteiger partial charge is 0.184 e. The van der Waals surface area contributed by atoms with Gasteiger partial charge in [-0.05, 0) is 97.7 Å². The van der Waals surface area contributed by atoms with Crippen molar-refractivity contribution < 1.29 is 29.9 Å². The maximum absolute atomic E-state index is 10.6. The van der Waals surface area contributed by atoms with Gasteiger partial charge in [-0.25, -0.2) is 0 Å². The molecule has 6 heteroatoms. The van der Waals surface area contributed by atoms with Crippen LogP contribution in [0.5, 0.6) is 0 Å². The third kappa shape index (κ3) is 5.41. The molecule has 0 radical (unpaired) electrons. The van der Waals surface area contributed by atoms with Crippen LogP contribution in [0.25, 0.3) is 0 Å². The number of aliphatic hydroxyl groups excluding tert-OH is 4. The van der Waals surface area contributed by atoms with Crippen LogP contribution in [-0.2, 0) is 9.47 Å². The van der Waals surface area contributed by atoms with Gasteiger partial charge in [-0.1, -0.05) is 65.5 Å². The molecule has 1 saturated heterocycles. The largest absolute Gasteiger partial charge is 0.394 e. The molecule has 4 fully saturated rings. The number of aliphatic hydroxyl groups is 4. The van der Waals surface area contributed by atoms with Gasteiger partial charge in [0.1, 0.15) is 24.4 Å². The predicted molar refractivity (Wildman–Crippen MR) is 152 cm³/mol. The first-order valence-electron chi connectivity index (χ1n) is 16.1. The van der Waals surface area contributed by atoms with Crippen LogP contribution in [-0.4, -0.2) is 63.8 Å². The van der Waals surface area contributed by atoms with E-state index in [0.717, 1.165) is 54.8 Å².